The lowest BCUT2D eigenvalue weighted by Gasteiger charge is -2.23. The van der Waals surface area contributed by atoms with Gasteiger partial charge >= 0.3 is 0 Å². The van der Waals surface area contributed by atoms with Crippen molar-refractivity contribution in [2.24, 2.45) is 5.92 Å². The van der Waals surface area contributed by atoms with Crippen LogP contribution in [0.15, 0.2) is 5.38 Å². The first-order chi connectivity index (χ1) is 6.86. The maximum absolute atomic E-state index is 9.87. The minimum Gasteiger partial charge on any atom is -0.387 e. The molecule has 78 valence electrons. The van der Waals surface area contributed by atoms with Crippen molar-refractivity contribution >= 4 is 11.5 Å². The molecule has 1 fully saturated rings. The highest BCUT2D eigenvalue weighted by molar-refractivity contribution is 7.03. The summed E-state index contributed by atoms with van der Waals surface area (Å²) < 4.78 is 3.77. The van der Waals surface area contributed by atoms with Crippen LogP contribution in [-0.4, -0.2) is 14.7 Å². The third-order valence-corrected chi connectivity index (χ3v) is 3.52. The number of nitrogens with zero attached hydrogens (tertiary/aromatic N) is 2. The molecule has 3 nitrogen and oxygen atoms in total. The average molecular weight is 212 g/mol. The van der Waals surface area contributed by atoms with Crippen molar-refractivity contribution in [1.29, 1.82) is 0 Å². The van der Waals surface area contributed by atoms with Crippen LogP contribution in [0.2, 0.25) is 0 Å². The van der Waals surface area contributed by atoms with E-state index in [4.69, 9.17) is 0 Å². The van der Waals surface area contributed by atoms with E-state index >= 15 is 0 Å². The number of hydrogen-bond acceptors (Lipinski definition) is 4. The summed E-state index contributed by atoms with van der Waals surface area (Å²) in [5.74, 6) is 0.695. The highest BCUT2D eigenvalue weighted by Crippen LogP contribution is 2.31. The average Bonchev–Trinajstić information content (AvgIpc) is 2.72. The fourth-order valence-electron chi connectivity index (χ4n) is 2.18. The van der Waals surface area contributed by atoms with E-state index in [0.717, 1.165) is 12.1 Å². The minimum absolute atomic E-state index is 0.392. The predicted molar refractivity (Wildman–Crippen MR) is 56.1 cm³/mol. The van der Waals surface area contributed by atoms with Crippen molar-refractivity contribution in [2.75, 3.05) is 0 Å². The van der Waals surface area contributed by atoms with Crippen LogP contribution in [0.25, 0.3) is 0 Å². The van der Waals surface area contributed by atoms with E-state index < -0.39 is 6.10 Å². The number of aliphatic hydroxyl groups excluding tert-OH is 1. The van der Waals surface area contributed by atoms with Crippen LogP contribution in [0.4, 0.5) is 0 Å². The molecule has 1 aromatic heterocycles. The van der Waals surface area contributed by atoms with Crippen LogP contribution in [0.3, 0.4) is 0 Å². The maximum atomic E-state index is 9.87. The Kier molecular flexibility index (Phi) is 3.48. The van der Waals surface area contributed by atoms with Gasteiger partial charge in [-0.25, -0.2) is 0 Å². The number of hydrogen-bond donors (Lipinski definition) is 1. The highest BCUT2D eigenvalue weighted by atomic mass is 32.1. The Morgan fingerprint density at radius 3 is 2.86 bits per heavy atom. The maximum Gasteiger partial charge on any atom is 0.104 e. The Labute approximate surface area is 88.3 Å². The molecule has 1 aliphatic rings. The third-order valence-electron chi connectivity index (χ3n) is 3.00. The molecule has 0 saturated heterocycles. The van der Waals surface area contributed by atoms with Crippen LogP contribution in [0.1, 0.15) is 50.3 Å². The summed E-state index contributed by atoms with van der Waals surface area (Å²) in [6.07, 6.45) is 7.04. The van der Waals surface area contributed by atoms with E-state index in [1.54, 1.807) is 0 Å². The quantitative estimate of drug-likeness (QED) is 0.837. The molecule has 1 heterocycles. The molecule has 1 saturated carbocycles. The number of rotatable bonds is 3. The lowest BCUT2D eigenvalue weighted by Crippen LogP contribution is -2.11. The second kappa shape index (κ2) is 4.84. The molecule has 0 spiro atoms. The SMILES string of the molecule is OC(CC1CCCCC1)c1csnn1. The van der Waals surface area contributed by atoms with Crippen LogP contribution in [0, 0.1) is 5.92 Å². The zero-order valence-corrected chi connectivity index (χ0v) is 9.04. The van der Waals surface area contributed by atoms with E-state index in [1.165, 1.54) is 43.6 Å². The molecule has 1 aromatic rings. The Hall–Kier alpha value is -0.480. The molecule has 1 unspecified atom stereocenters. The molecule has 0 aliphatic heterocycles. The van der Waals surface area contributed by atoms with E-state index in [-0.39, 0.29) is 0 Å². The zero-order valence-electron chi connectivity index (χ0n) is 8.22. The second-order valence-electron chi connectivity index (χ2n) is 4.09. The molecule has 0 amide bonds. The molecule has 4 heteroatoms. The topological polar surface area (TPSA) is 46.0 Å². The number of aromatic nitrogens is 2. The van der Waals surface area contributed by atoms with Gasteiger partial charge in [0.05, 0.1) is 6.10 Å². The van der Waals surface area contributed by atoms with Crippen LogP contribution in [-0.2, 0) is 0 Å². The molecular weight excluding hydrogens is 196 g/mol. The molecule has 0 aromatic carbocycles. The lowest BCUT2D eigenvalue weighted by atomic mass is 9.85. The Bertz CT molecular complexity index is 257. The fourth-order valence-corrected chi connectivity index (χ4v) is 2.68. The van der Waals surface area contributed by atoms with Gasteiger partial charge in [0.15, 0.2) is 0 Å². The van der Waals surface area contributed by atoms with Crippen molar-refractivity contribution in [3.05, 3.63) is 11.1 Å². The molecule has 1 N–H and O–H groups in total. The summed E-state index contributed by atoms with van der Waals surface area (Å²) in [5.41, 5.74) is 0.751. The van der Waals surface area contributed by atoms with Gasteiger partial charge in [-0.1, -0.05) is 36.6 Å². The Balaban J connectivity index is 1.84. The Morgan fingerprint density at radius 1 is 1.43 bits per heavy atom. The van der Waals surface area contributed by atoms with Gasteiger partial charge in [0.25, 0.3) is 0 Å². The van der Waals surface area contributed by atoms with E-state index in [9.17, 15) is 5.11 Å². The largest absolute Gasteiger partial charge is 0.387 e. The van der Waals surface area contributed by atoms with Crippen LogP contribution >= 0.6 is 11.5 Å². The van der Waals surface area contributed by atoms with Gasteiger partial charge in [-0.05, 0) is 23.9 Å². The molecule has 1 atom stereocenters. The highest BCUT2D eigenvalue weighted by Gasteiger charge is 2.19. The van der Waals surface area contributed by atoms with Gasteiger partial charge in [-0.15, -0.1) is 5.10 Å². The summed E-state index contributed by atoms with van der Waals surface area (Å²) in [6.45, 7) is 0. The fraction of sp³-hybridized carbons (Fsp3) is 0.800. The number of aliphatic hydroxyl groups is 1. The molecule has 0 radical (unpaired) electrons. The second-order valence-corrected chi connectivity index (χ2v) is 4.70. The van der Waals surface area contributed by atoms with Gasteiger partial charge in [0, 0.05) is 5.38 Å². The van der Waals surface area contributed by atoms with E-state index in [2.05, 4.69) is 9.59 Å². The van der Waals surface area contributed by atoms with Crippen LogP contribution < -0.4 is 0 Å². The normalized spacial score (nSPS) is 20.9. The summed E-state index contributed by atoms with van der Waals surface area (Å²) in [4.78, 5) is 0. The summed E-state index contributed by atoms with van der Waals surface area (Å²) in [7, 11) is 0. The molecule has 1 aliphatic carbocycles. The first-order valence-electron chi connectivity index (χ1n) is 5.31. The molecule has 2 rings (SSSR count). The van der Waals surface area contributed by atoms with Gasteiger partial charge in [-0.2, -0.15) is 0 Å². The van der Waals surface area contributed by atoms with Gasteiger partial charge in [0.1, 0.15) is 5.69 Å². The molecule has 0 bridgehead atoms. The first-order valence-corrected chi connectivity index (χ1v) is 6.15. The van der Waals surface area contributed by atoms with E-state index in [1.807, 2.05) is 5.38 Å². The van der Waals surface area contributed by atoms with Gasteiger partial charge in [-0.3, -0.25) is 0 Å². The Morgan fingerprint density at radius 2 is 2.21 bits per heavy atom. The van der Waals surface area contributed by atoms with Crippen molar-refractivity contribution in [2.45, 2.75) is 44.6 Å². The molecule has 14 heavy (non-hydrogen) atoms. The van der Waals surface area contributed by atoms with Crippen molar-refractivity contribution in [3.63, 3.8) is 0 Å². The zero-order chi connectivity index (χ0) is 9.80. The summed E-state index contributed by atoms with van der Waals surface area (Å²) >= 11 is 1.31. The first kappa shape index (κ1) is 10.1. The summed E-state index contributed by atoms with van der Waals surface area (Å²) in [5, 5.41) is 15.6. The van der Waals surface area contributed by atoms with Crippen LogP contribution in [0.5, 0.6) is 0 Å². The lowest BCUT2D eigenvalue weighted by molar-refractivity contribution is 0.127. The molecular formula is C10H16N2OS. The summed E-state index contributed by atoms with van der Waals surface area (Å²) in [6, 6.07) is 0. The van der Waals surface area contributed by atoms with E-state index in [0.29, 0.717) is 5.92 Å². The minimum atomic E-state index is -0.392. The smallest absolute Gasteiger partial charge is 0.104 e. The van der Waals surface area contributed by atoms with Crippen molar-refractivity contribution < 1.29 is 5.11 Å². The monoisotopic (exact) mass is 212 g/mol. The van der Waals surface area contributed by atoms with Crippen molar-refractivity contribution in [1.82, 2.24) is 9.59 Å². The van der Waals surface area contributed by atoms with Gasteiger partial charge in [0.2, 0.25) is 0 Å². The van der Waals surface area contributed by atoms with Gasteiger partial charge < -0.3 is 5.11 Å². The van der Waals surface area contributed by atoms with Crippen molar-refractivity contribution in [3.8, 4) is 0 Å². The standard InChI is InChI=1S/C10H16N2OS/c13-10(9-7-14-12-11-9)6-8-4-2-1-3-5-8/h7-8,10,13H,1-6H2. The predicted octanol–water partition coefficient (Wildman–Crippen LogP) is 2.54. The third kappa shape index (κ3) is 2.51.